The number of rotatable bonds is 2. The van der Waals surface area contributed by atoms with E-state index in [0.29, 0.717) is 0 Å². The second-order valence-electron chi connectivity index (χ2n) is 2.57. The molecule has 0 aliphatic carbocycles. The maximum atomic E-state index is 11.9. The van der Waals surface area contributed by atoms with E-state index < -0.39 is 22.7 Å². The molecule has 0 heterocycles. The summed E-state index contributed by atoms with van der Waals surface area (Å²) in [4.78, 5) is 9.48. The fourth-order valence-corrected chi connectivity index (χ4v) is 0.982. The van der Waals surface area contributed by atoms with Gasteiger partial charge in [0.15, 0.2) is 0 Å². The average Bonchev–Trinajstić information content (AvgIpc) is 1.99. The van der Waals surface area contributed by atoms with Crippen molar-refractivity contribution in [2.45, 2.75) is 6.36 Å². The summed E-state index contributed by atoms with van der Waals surface area (Å²) in [5, 5.41) is 10.4. The maximum Gasteiger partial charge on any atom is 0.573 e. The highest BCUT2D eigenvalue weighted by Gasteiger charge is 2.34. The van der Waals surface area contributed by atoms with Crippen molar-refractivity contribution in [3.05, 3.63) is 40.8 Å². The van der Waals surface area contributed by atoms with Gasteiger partial charge in [0.1, 0.15) is 0 Å². The van der Waals surface area contributed by atoms with Crippen LogP contribution in [0.4, 0.5) is 18.9 Å². The first-order valence-corrected chi connectivity index (χ1v) is 3.66. The Morgan fingerprint density at radius 3 is 2.47 bits per heavy atom. The van der Waals surface area contributed by atoms with Crippen LogP contribution in [-0.4, -0.2) is 11.3 Å². The minimum atomic E-state index is -4.96. The van der Waals surface area contributed by atoms with E-state index in [1.54, 1.807) is 0 Å². The number of para-hydroxylation sites is 1. The van der Waals surface area contributed by atoms with Gasteiger partial charge in [0, 0.05) is 5.56 Å². The molecule has 1 rings (SSSR count). The van der Waals surface area contributed by atoms with Crippen LogP contribution in [0.2, 0.25) is 0 Å². The average molecular weight is 220 g/mol. The van der Waals surface area contributed by atoms with Crippen LogP contribution >= 0.6 is 0 Å². The molecule has 1 aromatic carbocycles. The monoisotopic (exact) mass is 220 g/mol. The maximum absolute atomic E-state index is 11.9. The number of nitro groups is 1. The molecule has 0 N–H and O–H groups in total. The highest BCUT2D eigenvalue weighted by atomic mass is 19.4. The van der Waals surface area contributed by atoms with Gasteiger partial charge in [-0.25, -0.2) is 0 Å². The molecule has 0 atom stereocenters. The Labute approximate surface area is 82.4 Å². The summed E-state index contributed by atoms with van der Waals surface area (Å²) in [6, 6.07) is 3.28. The molecule has 0 saturated heterocycles. The highest BCUT2D eigenvalue weighted by Crippen LogP contribution is 2.33. The number of alkyl halides is 3. The van der Waals surface area contributed by atoms with E-state index in [1.807, 2.05) is 0 Å². The third-order valence-electron chi connectivity index (χ3n) is 1.49. The Hall–Kier alpha value is -1.79. The molecule has 0 unspecified atom stereocenters. The van der Waals surface area contributed by atoms with Crippen LogP contribution in [0.1, 0.15) is 5.56 Å². The molecule has 15 heavy (non-hydrogen) atoms. The van der Waals surface area contributed by atoms with E-state index in [2.05, 4.69) is 11.7 Å². The molecule has 4 nitrogen and oxygen atoms in total. The van der Waals surface area contributed by atoms with Crippen molar-refractivity contribution in [3.63, 3.8) is 0 Å². The predicted molar refractivity (Wildman–Crippen MR) is 44.2 cm³/mol. The van der Waals surface area contributed by atoms with Gasteiger partial charge in [-0.15, -0.1) is 13.2 Å². The summed E-state index contributed by atoms with van der Waals surface area (Å²) in [6.45, 7) is 3.24. The molecule has 0 amide bonds. The molecular weight excluding hydrogens is 215 g/mol. The summed E-state index contributed by atoms with van der Waals surface area (Å²) in [5.41, 5.74) is -0.920. The molecule has 0 aliphatic rings. The molecule has 0 aromatic heterocycles. The molecule has 0 spiro atoms. The molecule has 0 aliphatic heterocycles. The number of nitrogens with zero attached hydrogens (tertiary/aromatic N) is 1. The van der Waals surface area contributed by atoms with Crippen LogP contribution in [0.25, 0.3) is 0 Å². The number of ether oxygens (including phenoxy) is 1. The topological polar surface area (TPSA) is 52.4 Å². The molecule has 7 heteroatoms. The van der Waals surface area contributed by atoms with Gasteiger partial charge in [0.25, 0.3) is 0 Å². The summed E-state index contributed by atoms with van der Waals surface area (Å²) in [5.74, 6) is -0.861. The molecule has 1 aromatic rings. The Bertz CT molecular complexity index is 389. The first kappa shape index (κ1) is 11.3. The van der Waals surface area contributed by atoms with Gasteiger partial charge >= 0.3 is 12.0 Å². The van der Waals surface area contributed by atoms with Crippen molar-refractivity contribution in [3.8, 4) is 5.75 Å². The smallest absolute Gasteiger partial charge is 0.398 e. The lowest BCUT2D eigenvalue weighted by atomic mass is 10.2. The van der Waals surface area contributed by atoms with Gasteiger partial charge in [-0.2, -0.15) is 0 Å². The van der Waals surface area contributed by atoms with Crippen molar-refractivity contribution in [1.29, 1.82) is 0 Å². The lowest BCUT2D eigenvalue weighted by molar-refractivity contribution is -0.389. The van der Waals surface area contributed by atoms with Crippen LogP contribution in [0.3, 0.4) is 0 Å². The second-order valence-corrected chi connectivity index (χ2v) is 2.57. The number of halogens is 3. The Morgan fingerprint density at radius 2 is 2.00 bits per heavy atom. The summed E-state index contributed by atoms with van der Waals surface area (Å²) < 4.78 is 39.0. The van der Waals surface area contributed by atoms with E-state index in [0.717, 1.165) is 6.07 Å². The minimum absolute atomic E-state index is 0.137. The first-order chi connectivity index (χ1) is 6.81. The Morgan fingerprint density at radius 1 is 1.40 bits per heavy atom. The molecular formula is C8H5F3NO3. The molecule has 0 fully saturated rings. The number of hydrogen-bond acceptors (Lipinski definition) is 3. The fraction of sp³-hybridized carbons (Fsp3) is 0.125. The van der Waals surface area contributed by atoms with Crippen molar-refractivity contribution in [2.75, 3.05) is 0 Å². The van der Waals surface area contributed by atoms with Gasteiger partial charge in [-0.3, -0.25) is 10.1 Å². The van der Waals surface area contributed by atoms with Gasteiger partial charge in [-0.1, -0.05) is 12.1 Å². The van der Waals surface area contributed by atoms with Crippen LogP contribution in [0, 0.1) is 17.0 Å². The van der Waals surface area contributed by atoms with E-state index in [4.69, 9.17) is 0 Å². The van der Waals surface area contributed by atoms with E-state index >= 15 is 0 Å². The van der Waals surface area contributed by atoms with Crippen molar-refractivity contribution < 1.29 is 22.8 Å². The number of hydrogen-bond donors (Lipinski definition) is 0. The van der Waals surface area contributed by atoms with Gasteiger partial charge < -0.3 is 4.74 Å². The molecule has 1 radical (unpaired) electrons. The van der Waals surface area contributed by atoms with Crippen molar-refractivity contribution >= 4 is 5.69 Å². The number of nitro benzene ring substituents is 1. The van der Waals surface area contributed by atoms with Crippen LogP contribution < -0.4 is 4.74 Å². The zero-order valence-electron chi connectivity index (χ0n) is 7.25. The predicted octanol–water partition coefficient (Wildman–Crippen LogP) is 2.68. The zero-order valence-corrected chi connectivity index (χ0v) is 7.25. The second kappa shape index (κ2) is 3.76. The van der Waals surface area contributed by atoms with Gasteiger partial charge in [-0.05, 0) is 13.0 Å². The molecule has 0 saturated carbocycles. The summed E-state index contributed by atoms with van der Waals surface area (Å²) in [7, 11) is 0. The lowest BCUT2D eigenvalue weighted by Gasteiger charge is -2.09. The van der Waals surface area contributed by atoms with Crippen molar-refractivity contribution in [2.24, 2.45) is 0 Å². The quantitative estimate of drug-likeness (QED) is 0.568. The Kier molecular flexibility index (Phi) is 2.83. The van der Waals surface area contributed by atoms with Gasteiger partial charge in [0.05, 0.1) is 4.92 Å². The van der Waals surface area contributed by atoms with Crippen LogP contribution in [-0.2, 0) is 0 Å². The zero-order chi connectivity index (χ0) is 11.6. The lowest BCUT2D eigenvalue weighted by Crippen LogP contribution is -2.18. The van der Waals surface area contributed by atoms with Crippen LogP contribution in [0.15, 0.2) is 18.2 Å². The van der Waals surface area contributed by atoms with Crippen LogP contribution in [0.5, 0.6) is 5.75 Å². The first-order valence-electron chi connectivity index (χ1n) is 3.66. The minimum Gasteiger partial charge on any atom is -0.398 e. The fourth-order valence-electron chi connectivity index (χ4n) is 0.982. The SMILES string of the molecule is [CH2]c1cccc(OC(F)(F)F)c1[N+](=O)[O-]. The molecule has 81 valence electrons. The summed E-state index contributed by atoms with van der Waals surface area (Å²) >= 11 is 0. The van der Waals surface area contributed by atoms with E-state index in [9.17, 15) is 23.3 Å². The standard InChI is InChI=1S/C8H5F3NO3/c1-5-3-2-4-6(7(5)12(13)14)15-8(9,10)11/h2-4H,1H2. The van der Waals surface area contributed by atoms with E-state index in [-0.39, 0.29) is 5.56 Å². The van der Waals surface area contributed by atoms with Gasteiger partial charge in [0.2, 0.25) is 5.75 Å². The largest absolute Gasteiger partial charge is 0.573 e. The number of benzene rings is 1. The third kappa shape index (κ3) is 2.83. The Balaban J connectivity index is 3.18. The summed E-state index contributed by atoms with van der Waals surface area (Å²) in [6.07, 6.45) is -4.96. The highest BCUT2D eigenvalue weighted by molar-refractivity contribution is 5.54. The van der Waals surface area contributed by atoms with Crippen molar-refractivity contribution in [1.82, 2.24) is 0 Å². The van der Waals surface area contributed by atoms with E-state index in [1.165, 1.54) is 12.1 Å². The molecule has 0 bridgehead atoms. The normalized spacial score (nSPS) is 11.2. The third-order valence-corrected chi connectivity index (χ3v) is 1.49.